The Bertz CT molecular complexity index is 531. The molecule has 0 bridgehead atoms. The van der Waals surface area contributed by atoms with E-state index in [2.05, 4.69) is 13.0 Å². The zero-order valence-electron chi connectivity index (χ0n) is 11.1. The molecule has 0 aliphatic heterocycles. The molecule has 2 aromatic rings. The quantitative estimate of drug-likeness (QED) is 0.900. The maximum absolute atomic E-state index is 6.16. The minimum absolute atomic E-state index is 0.144. The number of nitrogens with two attached hydrogens (primary N) is 1. The van der Waals surface area contributed by atoms with Crippen LogP contribution in [-0.2, 0) is 6.42 Å². The van der Waals surface area contributed by atoms with Gasteiger partial charge in [0.1, 0.15) is 17.3 Å². The Balaban J connectivity index is 2.20. The van der Waals surface area contributed by atoms with E-state index in [1.165, 1.54) is 5.56 Å². The van der Waals surface area contributed by atoms with E-state index in [0.717, 1.165) is 22.8 Å². The summed E-state index contributed by atoms with van der Waals surface area (Å²) in [5.41, 5.74) is 8.48. The molecule has 2 N–H and O–H groups in total. The van der Waals surface area contributed by atoms with Crippen molar-refractivity contribution in [1.29, 1.82) is 0 Å². The van der Waals surface area contributed by atoms with Gasteiger partial charge in [-0.1, -0.05) is 17.7 Å². The lowest BCUT2D eigenvalue weighted by Crippen LogP contribution is -2.13. The zero-order chi connectivity index (χ0) is 13.1. The molecule has 0 radical (unpaired) electrons. The minimum atomic E-state index is -0.144. The van der Waals surface area contributed by atoms with Crippen LogP contribution in [0.25, 0.3) is 0 Å². The number of ether oxygens (including phenoxy) is 1. The smallest absolute Gasteiger partial charge is 0.122 e. The van der Waals surface area contributed by atoms with Crippen molar-refractivity contribution in [2.24, 2.45) is 5.73 Å². The Morgan fingerprint density at radius 2 is 2.00 bits per heavy atom. The fourth-order valence-corrected chi connectivity index (χ4v) is 2.06. The third kappa shape index (κ3) is 2.74. The van der Waals surface area contributed by atoms with E-state index in [-0.39, 0.29) is 6.04 Å². The SMILES string of the molecule is COc1ccc(C)cc1CC(N)c1ccc(C)o1. The van der Waals surface area contributed by atoms with Crippen molar-refractivity contribution in [2.45, 2.75) is 26.3 Å². The average molecular weight is 245 g/mol. The van der Waals surface area contributed by atoms with Gasteiger partial charge in [-0.25, -0.2) is 0 Å². The molecule has 1 unspecified atom stereocenters. The van der Waals surface area contributed by atoms with Gasteiger partial charge in [0, 0.05) is 0 Å². The summed E-state index contributed by atoms with van der Waals surface area (Å²) in [6.45, 7) is 3.98. The summed E-state index contributed by atoms with van der Waals surface area (Å²) < 4.78 is 10.9. The van der Waals surface area contributed by atoms with Gasteiger partial charge in [-0.15, -0.1) is 0 Å². The van der Waals surface area contributed by atoms with Crippen LogP contribution in [-0.4, -0.2) is 7.11 Å². The lowest BCUT2D eigenvalue weighted by molar-refractivity contribution is 0.403. The highest BCUT2D eigenvalue weighted by atomic mass is 16.5. The standard InChI is InChI=1S/C15H19NO2/c1-10-4-6-14(17-3)12(8-10)9-13(16)15-7-5-11(2)18-15/h4-8,13H,9,16H2,1-3H3. The number of hydrogen-bond acceptors (Lipinski definition) is 3. The Morgan fingerprint density at radius 1 is 1.22 bits per heavy atom. The molecule has 2 rings (SSSR count). The third-order valence-corrected chi connectivity index (χ3v) is 3.00. The van der Waals surface area contributed by atoms with E-state index < -0.39 is 0 Å². The van der Waals surface area contributed by atoms with Crippen molar-refractivity contribution in [1.82, 2.24) is 0 Å². The first-order valence-electron chi connectivity index (χ1n) is 6.05. The minimum Gasteiger partial charge on any atom is -0.496 e. The molecule has 0 amide bonds. The monoisotopic (exact) mass is 245 g/mol. The zero-order valence-corrected chi connectivity index (χ0v) is 11.1. The summed E-state index contributed by atoms with van der Waals surface area (Å²) in [7, 11) is 1.68. The molecular weight excluding hydrogens is 226 g/mol. The van der Waals surface area contributed by atoms with Crippen molar-refractivity contribution in [3.8, 4) is 5.75 Å². The first-order chi connectivity index (χ1) is 8.60. The summed E-state index contributed by atoms with van der Waals surface area (Å²) in [4.78, 5) is 0. The van der Waals surface area contributed by atoms with Crippen LogP contribution in [0.15, 0.2) is 34.7 Å². The maximum atomic E-state index is 6.16. The highest BCUT2D eigenvalue weighted by Gasteiger charge is 2.13. The highest BCUT2D eigenvalue weighted by Crippen LogP contribution is 2.25. The topological polar surface area (TPSA) is 48.4 Å². The van der Waals surface area contributed by atoms with Gasteiger partial charge in [0.15, 0.2) is 0 Å². The molecule has 0 saturated carbocycles. The first-order valence-corrected chi connectivity index (χ1v) is 6.05. The lowest BCUT2D eigenvalue weighted by atomic mass is 10.0. The van der Waals surface area contributed by atoms with Crippen LogP contribution < -0.4 is 10.5 Å². The van der Waals surface area contributed by atoms with Gasteiger partial charge in [0.2, 0.25) is 0 Å². The molecule has 1 heterocycles. The predicted molar refractivity (Wildman–Crippen MR) is 71.8 cm³/mol. The number of methoxy groups -OCH3 is 1. The van der Waals surface area contributed by atoms with Crippen LogP contribution in [0.3, 0.4) is 0 Å². The van der Waals surface area contributed by atoms with Crippen molar-refractivity contribution < 1.29 is 9.15 Å². The average Bonchev–Trinajstić information content (AvgIpc) is 2.76. The summed E-state index contributed by atoms with van der Waals surface area (Å²) >= 11 is 0. The molecule has 0 spiro atoms. The van der Waals surface area contributed by atoms with Gasteiger partial charge in [-0.3, -0.25) is 0 Å². The molecule has 0 aliphatic carbocycles. The molecular formula is C15H19NO2. The molecule has 0 saturated heterocycles. The van der Waals surface area contributed by atoms with E-state index in [1.807, 2.05) is 31.2 Å². The largest absolute Gasteiger partial charge is 0.496 e. The van der Waals surface area contributed by atoms with Crippen molar-refractivity contribution in [3.63, 3.8) is 0 Å². The second kappa shape index (κ2) is 5.27. The van der Waals surface area contributed by atoms with Gasteiger partial charge >= 0.3 is 0 Å². The number of benzene rings is 1. The maximum Gasteiger partial charge on any atom is 0.122 e. The van der Waals surface area contributed by atoms with Crippen LogP contribution in [0.4, 0.5) is 0 Å². The highest BCUT2D eigenvalue weighted by molar-refractivity contribution is 5.37. The van der Waals surface area contributed by atoms with Gasteiger partial charge in [0.05, 0.1) is 13.2 Å². The summed E-state index contributed by atoms with van der Waals surface area (Å²) in [5, 5.41) is 0. The van der Waals surface area contributed by atoms with Gasteiger partial charge in [0.25, 0.3) is 0 Å². The number of rotatable bonds is 4. The third-order valence-electron chi connectivity index (χ3n) is 3.00. The predicted octanol–water partition coefficient (Wildman–Crippen LogP) is 3.15. The number of hydrogen-bond donors (Lipinski definition) is 1. The van der Waals surface area contributed by atoms with Crippen LogP contribution in [0.1, 0.15) is 28.7 Å². The molecule has 1 aromatic carbocycles. The van der Waals surface area contributed by atoms with Crippen LogP contribution in [0, 0.1) is 13.8 Å². The lowest BCUT2D eigenvalue weighted by Gasteiger charge is -2.13. The van der Waals surface area contributed by atoms with E-state index in [4.69, 9.17) is 14.9 Å². The summed E-state index contributed by atoms with van der Waals surface area (Å²) in [6.07, 6.45) is 0.706. The van der Waals surface area contributed by atoms with Gasteiger partial charge < -0.3 is 14.9 Å². The molecule has 3 nitrogen and oxygen atoms in total. The Labute approximate surface area is 108 Å². The van der Waals surface area contributed by atoms with Crippen molar-refractivity contribution in [3.05, 3.63) is 53.0 Å². The fourth-order valence-electron chi connectivity index (χ4n) is 2.06. The van der Waals surface area contributed by atoms with E-state index in [9.17, 15) is 0 Å². The van der Waals surface area contributed by atoms with Crippen LogP contribution in [0.2, 0.25) is 0 Å². The molecule has 18 heavy (non-hydrogen) atoms. The molecule has 0 aliphatic rings. The Kier molecular flexibility index (Phi) is 3.72. The van der Waals surface area contributed by atoms with Crippen molar-refractivity contribution >= 4 is 0 Å². The van der Waals surface area contributed by atoms with E-state index in [0.29, 0.717) is 6.42 Å². The van der Waals surface area contributed by atoms with E-state index >= 15 is 0 Å². The van der Waals surface area contributed by atoms with Gasteiger partial charge in [-0.2, -0.15) is 0 Å². The van der Waals surface area contributed by atoms with Crippen molar-refractivity contribution in [2.75, 3.05) is 7.11 Å². The summed E-state index contributed by atoms with van der Waals surface area (Å²) in [6, 6.07) is 9.84. The second-order valence-electron chi connectivity index (χ2n) is 4.57. The van der Waals surface area contributed by atoms with E-state index in [1.54, 1.807) is 7.11 Å². The molecule has 1 atom stereocenters. The molecule has 3 heteroatoms. The molecule has 1 aromatic heterocycles. The normalized spacial score (nSPS) is 12.4. The fraction of sp³-hybridized carbons (Fsp3) is 0.333. The first kappa shape index (κ1) is 12.7. The second-order valence-corrected chi connectivity index (χ2v) is 4.57. The van der Waals surface area contributed by atoms with Crippen LogP contribution >= 0.6 is 0 Å². The van der Waals surface area contributed by atoms with Crippen LogP contribution in [0.5, 0.6) is 5.75 Å². The number of furan rings is 1. The summed E-state index contributed by atoms with van der Waals surface area (Å²) in [5.74, 6) is 2.58. The molecule has 96 valence electrons. The van der Waals surface area contributed by atoms with Gasteiger partial charge in [-0.05, 0) is 44.0 Å². The Morgan fingerprint density at radius 3 is 2.61 bits per heavy atom. The number of aryl methyl sites for hydroxylation is 2. The Hall–Kier alpha value is -1.74. The molecule has 0 fully saturated rings.